The molecule has 0 saturated carbocycles. The highest BCUT2D eigenvalue weighted by molar-refractivity contribution is 5.85. The molecule has 0 aliphatic carbocycles. The number of nitrogens with zero attached hydrogens (tertiary/aromatic N) is 3. The first-order chi connectivity index (χ1) is 9.06. The van der Waals surface area contributed by atoms with Crippen molar-refractivity contribution in [3.8, 4) is 0 Å². The molecule has 0 aromatic carbocycles. The van der Waals surface area contributed by atoms with Crippen LogP contribution in [0.1, 0.15) is 13.3 Å². The lowest BCUT2D eigenvalue weighted by molar-refractivity contribution is -0.385. The Hall–Kier alpha value is -1.67. The van der Waals surface area contributed by atoms with Gasteiger partial charge < -0.3 is 10.6 Å². The maximum Gasteiger partial charge on any atom is 0.307 e. The van der Waals surface area contributed by atoms with E-state index < -0.39 is 4.92 Å². The second kappa shape index (κ2) is 7.20. The Kier molecular flexibility index (Phi) is 5.90. The summed E-state index contributed by atoms with van der Waals surface area (Å²) in [7, 11) is 0. The van der Waals surface area contributed by atoms with E-state index in [4.69, 9.17) is 0 Å². The fourth-order valence-corrected chi connectivity index (χ4v) is 2.12. The zero-order valence-corrected chi connectivity index (χ0v) is 11.9. The summed E-state index contributed by atoms with van der Waals surface area (Å²) in [6.45, 7) is 3.83. The molecule has 1 aromatic rings. The van der Waals surface area contributed by atoms with E-state index in [-0.39, 0.29) is 36.6 Å². The molecule has 1 amide bonds. The van der Waals surface area contributed by atoms with Gasteiger partial charge in [-0.15, -0.1) is 12.4 Å². The minimum Gasteiger partial charge on any atom is -0.350 e. The maximum atomic E-state index is 11.8. The number of carbonyl (C=O) groups excluding carboxylic acids is 1. The Morgan fingerprint density at radius 3 is 3.05 bits per heavy atom. The van der Waals surface area contributed by atoms with Gasteiger partial charge >= 0.3 is 5.69 Å². The van der Waals surface area contributed by atoms with E-state index in [1.165, 1.54) is 10.9 Å². The van der Waals surface area contributed by atoms with Crippen molar-refractivity contribution in [2.45, 2.75) is 25.9 Å². The van der Waals surface area contributed by atoms with Crippen molar-refractivity contribution in [3.05, 3.63) is 22.5 Å². The molecule has 2 N–H and O–H groups in total. The standard InChI is InChI=1S/C11H17N5O3.ClH/c1-8-2-3-12-5-10(8)14-11(17)7-15-6-9(4-13-15)16(18)19;/h4,6,8,10,12H,2-3,5,7H2,1H3,(H,14,17);1H. The van der Waals surface area contributed by atoms with Crippen LogP contribution in [-0.4, -0.2) is 39.7 Å². The van der Waals surface area contributed by atoms with Crippen LogP contribution < -0.4 is 10.6 Å². The number of halogens is 1. The fraction of sp³-hybridized carbons (Fsp3) is 0.636. The maximum absolute atomic E-state index is 11.8. The lowest BCUT2D eigenvalue weighted by Crippen LogP contribution is -2.50. The Morgan fingerprint density at radius 2 is 2.45 bits per heavy atom. The molecule has 0 spiro atoms. The first kappa shape index (κ1) is 16.4. The van der Waals surface area contributed by atoms with Gasteiger partial charge in [0.25, 0.3) is 0 Å². The Bertz CT molecular complexity index is 478. The Balaban J connectivity index is 0.00000200. The predicted molar refractivity (Wildman–Crippen MR) is 74.7 cm³/mol. The smallest absolute Gasteiger partial charge is 0.307 e. The second-order valence-electron chi connectivity index (χ2n) is 4.80. The average Bonchev–Trinajstić information content (AvgIpc) is 2.80. The molecule has 1 fully saturated rings. The van der Waals surface area contributed by atoms with Crippen LogP contribution in [0.15, 0.2) is 12.4 Å². The van der Waals surface area contributed by atoms with Gasteiger partial charge in [0.05, 0.1) is 4.92 Å². The molecule has 0 bridgehead atoms. The summed E-state index contributed by atoms with van der Waals surface area (Å²) in [6.07, 6.45) is 3.42. The van der Waals surface area contributed by atoms with Gasteiger partial charge in [0, 0.05) is 12.6 Å². The van der Waals surface area contributed by atoms with Gasteiger partial charge in [0.1, 0.15) is 18.9 Å². The molecule has 1 aromatic heterocycles. The van der Waals surface area contributed by atoms with Crippen LogP contribution in [0, 0.1) is 16.0 Å². The van der Waals surface area contributed by atoms with E-state index in [9.17, 15) is 14.9 Å². The molecular weight excluding hydrogens is 286 g/mol. The normalized spacial score (nSPS) is 21.9. The van der Waals surface area contributed by atoms with Crippen LogP contribution in [0.4, 0.5) is 5.69 Å². The predicted octanol–water partition coefficient (Wildman–Crippen LogP) is 0.327. The van der Waals surface area contributed by atoms with Crippen molar-refractivity contribution in [2.24, 2.45) is 5.92 Å². The number of aromatic nitrogens is 2. The number of nitro groups is 1. The zero-order valence-electron chi connectivity index (χ0n) is 11.1. The summed E-state index contributed by atoms with van der Waals surface area (Å²) >= 11 is 0. The molecule has 9 heteroatoms. The zero-order chi connectivity index (χ0) is 13.8. The largest absolute Gasteiger partial charge is 0.350 e. The van der Waals surface area contributed by atoms with Gasteiger partial charge in [0.2, 0.25) is 5.91 Å². The molecular formula is C11H18ClN5O3. The minimum atomic E-state index is -0.533. The lowest BCUT2D eigenvalue weighted by Gasteiger charge is -2.30. The molecule has 1 saturated heterocycles. The Labute approximate surface area is 122 Å². The third-order valence-electron chi connectivity index (χ3n) is 3.31. The number of piperidine rings is 1. The quantitative estimate of drug-likeness (QED) is 0.616. The van der Waals surface area contributed by atoms with Gasteiger partial charge in [-0.3, -0.25) is 19.6 Å². The molecule has 20 heavy (non-hydrogen) atoms. The lowest BCUT2D eigenvalue weighted by atomic mass is 9.95. The summed E-state index contributed by atoms with van der Waals surface area (Å²) < 4.78 is 1.27. The van der Waals surface area contributed by atoms with E-state index in [2.05, 4.69) is 22.7 Å². The van der Waals surface area contributed by atoms with Crippen molar-refractivity contribution in [3.63, 3.8) is 0 Å². The molecule has 0 radical (unpaired) electrons. The molecule has 2 atom stereocenters. The number of hydrogen-bond donors (Lipinski definition) is 2. The van der Waals surface area contributed by atoms with Gasteiger partial charge in [-0.05, 0) is 18.9 Å². The third kappa shape index (κ3) is 4.17. The van der Waals surface area contributed by atoms with Gasteiger partial charge in [0.15, 0.2) is 0 Å². The van der Waals surface area contributed by atoms with Crippen LogP contribution in [0.25, 0.3) is 0 Å². The van der Waals surface area contributed by atoms with Gasteiger partial charge in [-0.2, -0.15) is 5.10 Å². The van der Waals surface area contributed by atoms with Crippen molar-refractivity contribution in [1.29, 1.82) is 0 Å². The number of amides is 1. The SMILES string of the molecule is CC1CCNCC1NC(=O)Cn1cc([N+](=O)[O-])cn1.Cl. The van der Waals surface area contributed by atoms with Crippen LogP contribution >= 0.6 is 12.4 Å². The molecule has 2 heterocycles. The molecule has 2 unspecified atom stereocenters. The van der Waals surface area contributed by atoms with Crippen molar-refractivity contribution >= 4 is 24.0 Å². The third-order valence-corrected chi connectivity index (χ3v) is 3.31. The van der Waals surface area contributed by atoms with Crippen LogP contribution in [0.5, 0.6) is 0 Å². The highest BCUT2D eigenvalue weighted by atomic mass is 35.5. The van der Waals surface area contributed by atoms with Crippen molar-refractivity contribution in [1.82, 2.24) is 20.4 Å². The summed E-state index contributed by atoms with van der Waals surface area (Å²) in [4.78, 5) is 21.8. The molecule has 2 rings (SSSR count). The highest BCUT2D eigenvalue weighted by Crippen LogP contribution is 2.11. The first-order valence-corrected chi connectivity index (χ1v) is 6.23. The highest BCUT2D eigenvalue weighted by Gasteiger charge is 2.22. The first-order valence-electron chi connectivity index (χ1n) is 6.23. The van der Waals surface area contributed by atoms with Crippen LogP contribution in [0.2, 0.25) is 0 Å². The topological polar surface area (TPSA) is 102 Å². The minimum absolute atomic E-state index is 0. The number of nitrogens with one attached hydrogen (secondary N) is 2. The Morgan fingerprint density at radius 1 is 1.70 bits per heavy atom. The van der Waals surface area contributed by atoms with E-state index in [0.717, 1.165) is 25.7 Å². The molecule has 1 aliphatic rings. The van der Waals surface area contributed by atoms with E-state index in [0.29, 0.717) is 5.92 Å². The van der Waals surface area contributed by atoms with E-state index >= 15 is 0 Å². The fourth-order valence-electron chi connectivity index (χ4n) is 2.12. The summed E-state index contributed by atoms with van der Waals surface area (Å²) in [5.74, 6) is 0.246. The summed E-state index contributed by atoms with van der Waals surface area (Å²) in [5.41, 5.74) is -0.111. The van der Waals surface area contributed by atoms with E-state index in [1.54, 1.807) is 0 Å². The summed E-state index contributed by atoms with van der Waals surface area (Å²) in [6, 6.07) is 0.104. The van der Waals surface area contributed by atoms with Crippen LogP contribution in [-0.2, 0) is 11.3 Å². The van der Waals surface area contributed by atoms with Gasteiger partial charge in [-0.25, -0.2) is 0 Å². The molecule has 112 valence electrons. The molecule has 8 nitrogen and oxygen atoms in total. The van der Waals surface area contributed by atoms with E-state index in [1.807, 2.05) is 0 Å². The van der Waals surface area contributed by atoms with Crippen molar-refractivity contribution in [2.75, 3.05) is 13.1 Å². The van der Waals surface area contributed by atoms with Crippen molar-refractivity contribution < 1.29 is 9.72 Å². The number of hydrogen-bond acceptors (Lipinski definition) is 5. The molecule has 1 aliphatic heterocycles. The second-order valence-corrected chi connectivity index (χ2v) is 4.80. The van der Waals surface area contributed by atoms with Gasteiger partial charge in [-0.1, -0.05) is 6.92 Å². The number of rotatable bonds is 4. The number of carbonyl (C=O) groups is 1. The van der Waals surface area contributed by atoms with Crippen LogP contribution in [0.3, 0.4) is 0 Å². The monoisotopic (exact) mass is 303 g/mol. The summed E-state index contributed by atoms with van der Waals surface area (Å²) in [5, 5.41) is 20.4. The average molecular weight is 304 g/mol.